The highest BCUT2D eigenvalue weighted by Crippen LogP contribution is 2.15. The highest BCUT2D eigenvalue weighted by molar-refractivity contribution is 5.96. The lowest BCUT2D eigenvalue weighted by atomic mass is 10.2. The zero-order valence-electron chi connectivity index (χ0n) is 12.8. The zero-order chi connectivity index (χ0) is 16.8. The minimum absolute atomic E-state index is 0.204. The van der Waals surface area contributed by atoms with Crippen LogP contribution in [0.2, 0.25) is 0 Å². The molecule has 0 unspecified atom stereocenters. The molecule has 0 radical (unpaired) electrons. The Labute approximate surface area is 133 Å². The van der Waals surface area contributed by atoms with E-state index in [0.717, 1.165) is 0 Å². The summed E-state index contributed by atoms with van der Waals surface area (Å²) in [6.07, 6.45) is 1.71. The number of benzene rings is 1. The van der Waals surface area contributed by atoms with Gasteiger partial charge < -0.3 is 19.9 Å². The molecule has 0 atom stereocenters. The monoisotopic (exact) mass is 315 g/mol. The van der Waals surface area contributed by atoms with E-state index in [4.69, 9.17) is 4.74 Å². The van der Waals surface area contributed by atoms with E-state index in [9.17, 15) is 14.4 Å². The average molecular weight is 315 g/mol. The van der Waals surface area contributed by atoms with Gasteiger partial charge in [-0.15, -0.1) is 0 Å². The molecule has 2 rings (SSSR count). The number of hydrogen-bond donors (Lipinski definition) is 2. The molecule has 2 N–H and O–H groups in total. The first-order chi connectivity index (χ1) is 11.0. The smallest absolute Gasteiger partial charge is 0.355 e. The molecule has 2 amide bonds. The van der Waals surface area contributed by atoms with Crippen molar-refractivity contribution in [1.82, 2.24) is 4.57 Å². The fourth-order valence-corrected chi connectivity index (χ4v) is 1.95. The van der Waals surface area contributed by atoms with E-state index in [-0.39, 0.29) is 5.91 Å². The Hall–Kier alpha value is -3.09. The Bertz CT molecular complexity index is 736. The molecule has 0 aliphatic rings. The number of carbonyl (C=O) groups is 3. The first kappa shape index (κ1) is 16.3. The number of carbonyl (C=O) groups excluding carboxylic acids is 3. The van der Waals surface area contributed by atoms with Crippen molar-refractivity contribution in [1.29, 1.82) is 0 Å². The lowest BCUT2D eigenvalue weighted by Crippen LogP contribution is -2.21. The third kappa shape index (κ3) is 4.70. The number of aromatic nitrogens is 1. The largest absolute Gasteiger partial charge is 0.451 e. The third-order valence-corrected chi connectivity index (χ3v) is 2.95. The van der Waals surface area contributed by atoms with Crippen LogP contribution in [0, 0.1) is 0 Å². The second-order valence-corrected chi connectivity index (χ2v) is 4.89. The fraction of sp³-hybridized carbons (Fsp3) is 0.188. The summed E-state index contributed by atoms with van der Waals surface area (Å²) in [7, 11) is 1.71. The van der Waals surface area contributed by atoms with Crippen LogP contribution in [-0.2, 0) is 21.4 Å². The summed E-state index contributed by atoms with van der Waals surface area (Å²) in [5, 5.41) is 5.21. The molecule has 0 bridgehead atoms. The van der Waals surface area contributed by atoms with E-state index in [1.54, 1.807) is 54.2 Å². The number of ether oxygens (including phenoxy) is 1. The zero-order valence-corrected chi connectivity index (χ0v) is 12.8. The molecule has 2 aromatic rings. The molecular formula is C16H17N3O4. The van der Waals surface area contributed by atoms with Crippen molar-refractivity contribution in [3.05, 3.63) is 48.3 Å². The summed E-state index contributed by atoms with van der Waals surface area (Å²) in [6, 6.07) is 9.99. The van der Waals surface area contributed by atoms with Crippen LogP contribution in [0.25, 0.3) is 0 Å². The maximum atomic E-state index is 11.8. The molecule has 0 aliphatic heterocycles. The summed E-state index contributed by atoms with van der Waals surface area (Å²) in [4.78, 5) is 34.6. The van der Waals surface area contributed by atoms with Gasteiger partial charge in [-0.25, -0.2) is 4.79 Å². The highest BCUT2D eigenvalue weighted by atomic mass is 16.5. The second kappa shape index (κ2) is 7.26. The first-order valence-electron chi connectivity index (χ1n) is 6.91. The maximum Gasteiger partial charge on any atom is 0.355 e. The summed E-state index contributed by atoms with van der Waals surface area (Å²) >= 11 is 0. The van der Waals surface area contributed by atoms with Gasteiger partial charge in [-0.05, 0) is 30.3 Å². The van der Waals surface area contributed by atoms with Gasteiger partial charge in [0.1, 0.15) is 5.69 Å². The Balaban J connectivity index is 1.89. The number of esters is 1. The molecule has 1 aromatic heterocycles. The van der Waals surface area contributed by atoms with Gasteiger partial charge in [-0.1, -0.05) is 6.07 Å². The lowest BCUT2D eigenvalue weighted by Gasteiger charge is -2.08. The molecule has 0 saturated carbocycles. The molecular weight excluding hydrogens is 298 g/mol. The van der Waals surface area contributed by atoms with Gasteiger partial charge in [-0.3, -0.25) is 9.59 Å². The van der Waals surface area contributed by atoms with E-state index < -0.39 is 18.5 Å². The van der Waals surface area contributed by atoms with Gasteiger partial charge in [0.05, 0.1) is 0 Å². The van der Waals surface area contributed by atoms with Crippen molar-refractivity contribution in [3.8, 4) is 0 Å². The van der Waals surface area contributed by atoms with Crippen LogP contribution >= 0.6 is 0 Å². The van der Waals surface area contributed by atoms with Crippen LogP contribution in [0.4, 0.5) is 11.4 Å². The third-order valence-electron chi connectivity index (χ3n) is 2.95. The predicted molar refractivity (Wildman–Crippen MR) is 85.1 cm³/mol. The Morgan fingerprint density at radius 2 is 1.78 bits per heavy atom. The van der Waals surface area contributed by atoms with Crippen LogP contribution in [0.15, 0.2) is 42.6 Å². The van der Waals surface area contributed by atoms with Gasteiger partial charge in [0.2, 0.25) is 5.91 Å². The van der Waals surface area contributed by atoms with Crippen LogP contribution in [0.5, 0.6) is 0 Å². The summed E-state index contributed by atoms with van der Waals surface area (Å²) in [5.41, 5.74) is 1.43. The van der Waals surface area contributed by atoms with Crippen LogP contribution in [-0.4, -0.2) is 29.0 Å². The topological polar surface area (TPSA) is 89.4 Å². The molecule has 0 spiro atoms. The number of aryl methyl sites for hydroxylation is 1. The average Bonchev–Trinajstić information content (AvgIpc) is 2.90. The minimum atomic E-state index is -0.570. The first-order valence-corrected chi connectivity index (χ1v) is 6.91. The fourth-order valence-electron chi connectivity index (χ4n) is 1.95. The normalized spacial score (nSPS) is 10.0. The van der Waals surface area contributed by atoms with E-state index in [1.807, 2.05) is 0 Å². The predicted octanol–water partition coefficient (Wildman–Crippen LogP) is 1.78. The Kier molecular flexibility index (Phi) is 5.14. The van der Waals surface area contributed by atoms with Crippen molar-refractivity contribution >= 4 is 29.2 Å². The van der Waals surface area contributed by atoms with Gasteiger partial charge in [0.15, 0.2) is 6.61 Å². The van der Waals surface area contributed by atoms with Gasteiger partial charge in [-0.2, -0.15) is 0 Å². The molecule has 7 heteroatoms. The van der Waals surface area contributed by atoms with Crippen LogP contribution in [0.1, 0.15) is 17.4 Å². The van der Waals surface area contributed by atoms with E-state index in [0.29, 0.717) is 17.1 Å². The van der Waals surface area contributed by atoms with Crippen molar-refractivity contribution in [2.24, 2.45) is 7.05 Å². The molecule has 0 aliphatic carbocycles. The number of amides is 2. The number of nitrogens with one attached hydrogen (secondary N) is 2. The van der Waals surface area contributed by atoms with E-state index in [2.05, 4.69) is 10.6 Å². The molecule has 7 nitrogen and oxygen atoms in total. The molecule has 23 heavy (non-hydrogen) atoms. The molecule has 0 fully saturated rings. The van der Waals surface area contributed by atoms with Crippen LogP contribution in [0.3, 0.4) is 0 Å². The maximum absolute atomic E-state index is 11.8. The lowest BCUT2D eigenvalue weighted by molar-refractivity contribution is -0.119. The van der Waals surface area contributed by atoms with E-state index in [1.165, 1.54) is 6.92 Å². The molecule has 0 saturated heterocycles. The summed E-state index contributed by atoms with van der Waals surface area (Å²) in [5.74, 6) is -1.24. The van der Waals surface area contributed by atoms with Crippen molar-refractivity contribution in [2.75, 3.05) is 17.2 Å². The van der Waals surface area contributed by atoms with Gasteiger partial charge >= 0.3 is 5.97 Å². The summed E-state index contributed by atoms with van der Waals surface area (Å²) in [6.45, 7) is 1.00. The van der Waals surface area contributed by atoms with E-state index >= 15 is 0 Å². The van der Waals surface area contributed by atoms with Crippen molar-refractivity contribution < 1.29 is 19.1 Å². The summed E-state index contributed by atoms with van der Waals surface area (Å²) < 4.78 is 6.56. The van der Waals surface area contributed by atoms with Crippen molar-refractivity contribution in [2.45, 2.75) is 6.92 Å². The Morgan fingerprint density at radius 3 is 2.39 bits per heavy atom. The Morgan fingerprint density at radius 1 is 1.09 bits per heavy atom. The molecule has 1 heterocycles. The highest BCUT2D eigenvalue weighted by Gasteiger charge is 2.12. The number of rotatable bonds is 5. The molecule has 120 valence electrons. The quantitative estimate of drug-likeness (QED) is 0.823. The molecule has 1 aromatic carbocycles. The number of hydrogen-bond acceptors (Lipinski definition) is 4. The SMILES string of the molecule is CC(=O)Nc1cccc(NC(=O)COC(=O)c2cccn2C)c1. The standard InChI is InChI=1S/C16H17N3O4/c1-11(20)17-12-5-3-6-13(9-12)18-15(21)10-23-16(22)14-7-4-8-19(14)2/h3-9H,10H2,1-2H3,(H,17,20)(H,18,21). The van der Waals surface area contributed by atoms with Crippen LogP contribution < -0.4 is 10.6 Å². The van der Waals surface area contributed by atoms with Gasteiger partial charge in [0.25, 0.3) is 5.91 Å². The minimum Gasteiger partial charge on any atom is -0.451 e. The second-order valence-electron chi connectivity index (χ2n) is 4.89. The number of anilines is 2. The number of nitrogens with zero attached hydrogens (tertiary/aromatic N) is 1. The van der Waals surface area contributed by atoms with Gasteiger partial charge in [0, 0.05) is 31.5 Å². The van der Waals surface area contributed by atoms with Crippen molar-refractivity contribution in [3.63, 3.8) is 0 Å².